The molecule has 0 amide bonds. The second-order valence-electron chi connectivity index (χ2n) is 10.2. The number of aromatic hydroxyl groups is 2. The molecule has 0 saturated heterocycles. The zero-order chi connectivity index (χ0) is 26.7. The third kappa shape index (κ3) is 4.10. The topological polar surface area (TPSA) is 77.8 Å². The molecule has 1 heterocycles. The smallest absolute Gasteiger partial charge is 0.180 e. The molecule has 1 aliphatic heterocycles. The van der Waals surface area contributed by atoms with Gasteiger partial charge in [-0.3, -0.25) is 0 Å². The van der Waals surface area contributed by atoms with E-state index in [9.17, 15) is 18.6 Å². The fourth-order valence-corrected chi connectivity index (χ4v) is 8.42. The second kappa shape index (κ2) is 9.46. The molecule has 3 aromatic carbocycles. The fourth-order valence-electron chi connectivity index (χ4n) is 5.45. The van der Waals surface area contributed by atoms with Gasteiger partial charge in [0.1, 0.15) is 11.5 Å². The summed E-state index contributed by atoms with van der Waals surface area (Å²) in [6.45, 7) is 8.30. The van der Waals surface area contributed by atoms with Crippen LogP contribution in [0, 0.1) is 13.8 Å². The van der Waals surface area contributed by atoms with E-state index in [4.69, 9.17) is 0 Å². The highest BCUT2D eigenvalue weighted by atomic mass is 79.9. The highest BCUT2D eigenvalue weighted by molar-refractivity contribution is 9.11. The van der Waals surface area contributed by atoms with Crippen LogP contribution in [0.15, 0.2) is 50.2 Å². The first kappa shape index (κ1) is 27.2. The normalized spacial score (nSPS) is 18.7. The van der Waals surface area contributed by atoms with E-state index in [0.29, 0.717) is 31.5 Å². The van der Waals surface area contributed by atoms with E-state index < -0.39 is 15.3 Å². The van der Waals surface area contributed by atoms with Crippen LogP contribution in [0.3, 0.4) is 0 Å². The lowest BCUT2D eigenvalue weighted by atomic mass is 9.67. The maximum Gasteiger partial charge on any atom is 0.180 e. The Bertz CT molecular complexity index is 1480. The summed E-state index contributed by atoms with van der Waals surface area (Å²) < 4.78 is 28.5. The van der Waals surface area contributed by atoms with Crippen LogP contribution in [-0.4, -0.2) is 43.4 Å². The number of hydrogen-bond acceptors (Lipinski definition) is 5. The van der Waals surface area contributed by atoms with E-state index in [1.54, 1.807) is 12.1 Å². The van der Waals surface area contributed by atoms with Gasteiger partial charge >= 0.3 is 0 Å². The standard InChI is InChI=1S/C28H31Br2NO4S/c1-15(2)19-12-22(17(4)25(30)27(19)33)28(14-36(34,35)23-10-8-7-9-20(23)28)21-11-18(13-31(5)6)26(32)24(29)16(21)3/h7-12,15,32-33H,13-14H2,1-6H3. The Balaban J connectivity index is 2.24. The Morgan fingerprint density at radius 3 is 2.08 bits per heavy atom. The number of rotatable bonds is 5. The van der Waals surface area contributed by atoms with Gasteiger partial charge in [-0.1, -0.05) is 38.1 Å². The van der Waals surface area contributed by atoms with E-state index in [1.165, 1.54) is 0 Å². The molecular weight excluding hydrogens is 606 g/mol. The number of halogens is 2. The molecule has 4 rings (SSSR count). The Kier molecular flexibility index (Phi) is 7.14. The number of benzene rings is 3. The monoisotopic (exact) mass is 635 g/mol. The maximum absolute atomic E-state index is 13.7. The van der Waals surface area contributed by atoms with Gasteiger partial charge in [-0.25, -0.2) is 8.42 Å². The third-order valence-electron chi connectivity index (χ3n) is 7.19. The molecule has 8 heteroatoms. The van der Waals surface area contributed by atoms with Crippen LogP contribution in [0.1, 0.15) is 58.7 Å². The Morgan fingerprint density at radius 1 is 0.944 bits per heavy atom. The van der Waals surface area contributed by atoms with Crippen molar-refractivity contribution in [1.82, 2.24) is 4.90 Å². The molecule has 0 bridgehead atoms. The minimum Gasteiger partial charge on any atom is -0.506 e. The average molecular weight is 637 g/mol. The molecule has 0 fully saturated rings. The van der Waals surface area contributed by atoms with Gasteiger partial charge in [-0.2, -0.15) is 0 Å². The minimum atomic E-state index is -3.62. The minimum absolute atomic E-state index is 0.0166. The van der Waals surface area contributed by atoms with Gasteiger partial charge in [0, 0.05) is 12.1 Å². The van der Waals surface area contributed by atoms with E-state index in [1.807, 2.05) is 71.0 Å². The summed E-state index contributed by atoms with van der Waals surface area (Å²) in [6.07, 6.45) is 0. The lowest BCUT2D eigenvalue weighted by Crippen LogP contribution is -2.34. The molecule has 192 valence electrons. The molecule has 1 aliphatic rings. The van der Waals surface area contributed by atoms with Crippen molar-refractivity contribution < 1.29 is 18.6 Å². The van der Waals surface area contributed by atoms with Crippen molar-refractivity contribution in [3.05, 3.63) is 84.3 Å². The number of phenolic OH excluding ortho intramolecular Hbond substituents is 2. The molecular formula is C28H31Br2NO4S. The van der Waals surface area contributed by atoms with E-state index >= 15 is 0 Å². The number of fused-ring (bicyclic) bond motifs is 1. The third-order valence-corrected chi connectivity index (χ3v) is 11.0. The number of sulfone groups is 1. The summed E-state index contributed by atoms with van der Waals surface area (Å²) in [5, 5.41) is 21.9. The van der Waals surface area contributed by atoms with Crippen molar-refractivity contribution in [2.24, 2.45) is 0 Å². The predicted octanol–water partition coefficient (Wildman–Crippen LogP) is 6.55. The first-order valence-electron chi connectivity index (χ1n) is 11.7. The second-order valence-corrected chi connectivity index (χ2v) is 13.8. The van der Waals surface area contributed by atoms with Crippen molar-refractivity contribution in [2.45, 2.75) is 50.5 Å². The van der Waals surface area contributed by atoms with Crippen molar-refractivity contribution in [3.63, 3.8) is 0 Å². The highest BCUT2D eigenvalue weighted by Gasteiger charge is 2.51. The number of nitrogens with zero attached hydrogens (tertiary/aromatic N) is 1. The Labute approximate surface area is 230 Å². The van der Waals surface area contributed by atoms with E-state index in [2.05, 4.69) is 31.9 Å². The zero-order valence-corrected chi connectivity index (χ0v) is 25.3. The van der Waals surface area contributed by atoms with Crippen molar-refractivity contribution in [2.75, 3.05) is 19.8 Å². The van der Waals surface area contributed by atoms with Crippen LogP contribution in [-0.2, 0) is 21.8 Å². The van der Waals surface area contributed by atoms with Crippen molar-refractivity contribution in [1.29, 1.82) is 0 Å². The largest absolute Gasteiger partial charge is 0.506 e. The van der Waals surface area contributed by atoms with Gasteiger partial charge in [0.25, 0.3) is 0 Å². The summed E-state index contributed by atoms with van der Waals surface area (Å²) in [7, 11) is 0.225. The SMILES string of the molecule is Cc1c(C2(c3cc(C(C)C)c(O)c(Br)c3C)CS(=O)(=O)c3ccccc32)cc(CN(C)C)c(O)c1Br. The predicted molar refractivity (Wildman–Crippen MR) is 151 cm³/mol. The maximum atomic E-state index is 13.7. The summed E-state index contributed by atoms with van der Waals surface area (Å²) in [5.41, 5.74) is 4.30. The van der Waals surface area contributed by atoms with Gasteiger partial charge in [0.2, 0.25) is 0 Å². The lowest BCUT2D eigenvalue weighted by molar-refractivity contribution is 0.384. The molecule has 36 heavy (non-hydrogen) atoms. The van der Waals surface area contributed by atoms with Crippen molar-refractivity contribution in [3.8, 4) is 11.5 Å². The quantitative estimate of drug-likeness (QED) is 0.332. The van der Waals surface area contributed by atoms with Gasteiger partial charge in [0.15, 0.2) is 9.84 Å². The number of phenols is 2. The molecule has 0 aromatic heterocycles. The van der Waals surface area contributed by atoms with Gasteiger partial charge in [-0.15, -0.1) is 0 Å². The van der Waals surface area contributed by atoms with Crippen LogP contribution in [0.4, 0.5) is 0 Å². The molecule has 0 aliphatic carbocycles. The molecule has 0 radical (unpaired) electrons. The molecule has 1 atom stereocenters. The fraction of sp³-hybridized carbons (Fsp3) is 0.357. The molecule has 2 N–H and O–H groups in total. The molecule has 5 nitrogen and oxygen atoms in total. The van der Waals surface area contributed by atoms with Crippen LogP contribution in [0.2, 0.25) is 0 Å². The van der Waals surface area contributed by atoms with Gasteiger partial charge in [-0.05, 0) is 111 Å². The molecule has 1 unspecified atom stereocenters. The summed E-state index contributed by atoms with van der Waals surface area (Å²) >= 11 is 7.20. The van der Waals surface area contributed by atoms with E-state index in [-0.39, 0.29) is 23.2 Å². The van der Waals surface area contributed by atoms with Crippen LogP contribution in [0.25, 0.3) is 0 Å². The van der Waals surface area contributed by atoms with Crippen LogP contribution >= 0.6 is 31.9 Å². The highest BCUT2D eigenvalue weighted by Crippen LogP contribution is 2.54. The van der Waals surface area contributed by atoms with E-state index in [0.717, 1.165) is 27.8 Å². The number of hydrogen-bond donors (Lipinski definition) is 2. The zero-order valence-electron chi connectivity index (χ0n) is 21.3. The van der Waals surface area contributed by atoms with Crippen LogP contribution < -0.4 is 0 Å². The average Bonchev–Trinajstić information content (AvgIpc) is 3.05. The molecule has 3 aromatic rings. The summed E-state index contributed by atoms with van der Waals surface area (Å²) in [6, 6.07) is 11.1. The van der Waals surface area contributed by atoms with Crippen molar-refractivity contribution >= 4 is 41.7 Å². The van der Waals surface area contributed by atoms with Crippen LogP contribution in [0.5, 0.6) is 11.5 Å². The Morgan fingerprint density at radius 2 is 1.50 bits per heavy atom. The molecule has 0 saturated carbocycles. The first-order chi connectivity index (χ1) is 16.7. The van der Waals surface area contributed by atoms with Gasteiger partial charge < -0.3 is 15.1 Å². The lowest BCUT2D eigenvalue weighted by Gasteiger charge is -2.36. The molecule has 0 spiro atoms. The van der Waals surface area contributed by atoms with Gasteiger partial charge in [0.05, 0.1) is 25.0 Å². The first-order valence-corrected chi connectivity index (χ1v) is 15.0. The Hall–Kier alpha value is -1.87. The summed E-state index contributed by atoms with van der Waals surface area (Å²) in [4.78, 5) is 2.28. The summed E-state index contributed by atoms with van der Waals surface area (Å²) in [5.74, 6) is 0.199.